The second-order valence-electron chi connectivity index (χ2n) is 4.70. The summed E-state index contributed by atoms with van der Waals surface area (Å²) in [6, 6.07) is 8.11. The fourth-order valence-corrected chi connectivity index (χ4v) is 2.47. The van der Waals surface area contributed by atoms with Gasteiger partial charge in [-0.1, -0.05) is 18.2 Å². The Hall–Kier alpha value is -1.90. The highest BCUT2D eigenvalue weighted by Gasteiger charge is 2.26. The van der Waals surface area contributed by atoms with Crippen LogP contribution in [0.4, 0.5) is 0 Å². The Labute approximate surface area is 108 Å². The van der Waals surface area contributed by atoms with Gasteiger partial charge in [0.05, 0.1) is 7.11 Å². The van der Waals surface area contributed by atoms with Crippen LogP contribution in [0.3, 0.4) is 0 Å². The Morgan fingerprint density at radius 3 is 2.44 bits per heavy atom. The molecule has 0 bridgehead atoms. The smallest absolute Gasteiger partial charge is 0.122 e. The van der Waals surface area contributed by atoms with Crippen molar-refractivity contribution < 1.29 is 4.74 Å². The van der Waals surface area contributed by atoms with Crippen LogP contribution in [0.25, 0.3) is 0 Å². The van der Waals surface area contributed by atoms with Crippen LogP contribution in [0, 0.1) is 0 Å². The SMILES string of the molecule is COc1ccccc1C1C(C)=C(C)NC(N)=C1C. The number of dihydropyridines is 1. The highest BCUT2D eigenvalue weighted by atomic mass is 16.5. The molecule has 0 aliphatic carbocycles. The van der Waals surface area contributed by atoms with Gasteiger partial charge < -0.3 is 15.8 Å². The van der Waals surface area contributed by atoms with Crippen LogP contribution < -0.4 is 15.8 Å². The zero-order valence-corrected chi connectivity index (χ0v) is 11.4. The first-order chi connectivity index (χ1) is 8.56. The van der Waals surface area contributed by atoms with Gasteiger partial charge in [0.1, 0.15) is 11.6 Å². The molecule has 0 radical (unpaired) electrons. The molecule has 3 nitrogen and oxygen atoms in total. The van der Waals surface area contributed by atoms with Crippen LogP contribution >= 0.6 is 0 Å². The van der Waals surface area contributed by atoms with Crippen molar-refractivity contribution >= 4 is 0 Å². The van der Waals surface area contributed by atoms with E-state index >= 15 is 0 Å². The third kappa shape index (κ3) is 1.96. The predicted molar refractivity (Wildman–Crippen MR) is 74.1 cm³/mol. The summed E-state index contributed by atoms with van der Waals surface area (Å²) in [6.07, 6.45) is 0. The van der Waals surface area contributed by atoms with Gasteiger partial charge in [-0.05, 0) is 38.0 Å². The number of methoxy groups -OCH3 is 1. The molecule has 2 rings (SSSR count). The number of benzene rings is 1. The van der Waals surface area contributed by atoms with Crippen LogP contribution in [-0.2, 0) is 0 Å². The first-order valence-electron chi connectivity index (χ1n) is 6.09. The summed E-state index contributed by atoms with van der Waals surface area (Å²) in [7, 11) is 1.70. The van der Waals surface area contributed by atoms with Gasteiger partial charge >= 0.3 is 0 Å². The molecule has 1 aromatic carbocycles. The molecule has 1 heterocycles. The minimum atomic E-state index is 0.197. The molecule has 3 heteroatoms. The second-order valence-corrected chi connectivity index (χ2v) is 4.70. The maximum Gasteiger partial charge on any atom is 0.122 e. The molecular formula is C15H20N2O. The molecule has 0 aromatic heterocycles. The molecule has 3 N–H and O–H groups in total. The van der Waals surface area contributed by atoms with Crippen LogP contribution in [0.5, 0.6) is 5.75 Å². The molecule has 0 saturated carbocycles. The third-order valence-electron chi connectivity index (χ3n) is 3.65. The average molecular weight is 244 g/mol. The van der Waals surface area contributed by atoms with E-state index in [4.69, 9.17) is 10.5 Å². The van der Waals surface area contributed by atoms with Gasteiger partial charge in [0.15, 0.2) is 0 Å². The van der Waals surface area contributed by atoms with Crippen molar-refractivity contribution in [2.24, 2.45) is 5.73 Å². The Balaban J connectivity index is 2.57. The summed E-state index contributed by atoms with van der Waals surface area (Å²) in [5.41, 5.74) is 10.8. The van der Waals surface area contributed by atoms with Crippen LogP contribution in [0.2, 0.25) is 0 Å². The minimum absolute atomic E-state index is 0.197. The van der Waals surface area contributed by atoms with E-state index in [-0.39, 0.29) is 5.92 Å². The zero-order valence-electron chi connectivity index (χ0n) is 11.4. The van der Waals surface area contributed by atoms with E-state index in [0.29, 0.717) is 0 Å². The number of ether oxygens (including phenoxy) is 1. The summed E-state index contributed by atoms with van der Waals surface area (Å²) < 4.78 is 5.46. The summed E-state index contributed by atoms with van der Waals surface area (Å²) in [6.45, 7) is 6.25. The van der Waals surface area contributed by atoms with Crippen molar-refractivity contribution in [1.82, 2.24) is 5.32 Å². The van der Waals surface area contributed by atoms with E-state index in [2.05, 4.69) is 32.2 Å². The zero-order chi connectivity index (χ0) is 13.3. The monoisotopic (exact) mass is 244 g/mol. The van der Waals surface area contributed by atoms with Crippen molar-refractivity contribution in [2.75, 3.05) is 7.11 Å². The molecule has 1 aromatic rings. The Bertz CT molecular complexity index is 505. The van der Waals surface area contributed by atoms with Gasteiger partial charge in [-0.15, -0.1) is 0 Å². The molecule has 1 atom stereocenters. The molecule has 0 saturated heterocycles. The van der Waals surface area contributed by atoms with Crippen molar-refractivity contribution in [3.63, 3.8) is 0 Å². The quantitative estimate of drug-likeness (QED) is 0.841. The van der Waals surface area contributed by atoms with E-state index in [1.54, 1.807) is 7.11 Å². The van der Waals surface area contributed by atoms with Gasteiger partial charge in [-0.3, -0.25) is 0 Å². The molecule has 0 spiro atoms. The van der Waals surface area contributed by atoms with E-state index in [0.717, 1.165) is 22.8 Å². The van der Waals surface area contributed by atoms with E-state index < -0.39 is 0 Å². The summed E-state index contributed by atoms with van der Waals surface area (Å²) in [5.74, 6) is 1.85. The molecule has 1 aliphatic rings. The van der Waals surface area contributed by atoms with E-state index in [1.165, 1.54) is 11.1 Å². The molecule has 0 fully saturated rings. The summed E-state index contributed by atoms with van der Waals surface area (Å²) in [5, 5.41) is 3.21. The molecule has 1 unspecified atom stereocenters. The molecular weight excluding hydrogens is 224 g/mol. The van der Waals surface area contributed by atoms with Gasteiger partial charge in [-0.2, -0.15) is 0 Å². The lowest BCUT2D eigenvalue weighted by Gasteiger charge is -2.29. The summed E-state index contributed by atoms with van der Waals surface area (Å²) in [4.78, 5) is 0. The topological polar surface area (TPSA) is 47.3 Å². The maximum atomic E-state index is 6.04. The minimum Gasteiger partial charge on any atom is -0.496 e. The number of hydrogen-bond acceptors (Lipinski definition) is 3. The van der Waals surface area contributed by atoms with Crippen molar-refractivity contribution in [1.29, 1.82) is 0 Å². The van der Waals surface area contributed by atoms with Crippen LogP contribution in [0.15, 0.2) is 46.9 Å². The normalized spacial score (nSPS) is 19.9. The molecule has 0 amide bonds. The number of rotatable bonds is 2. The lowest BCUT2D eigenvalue weighted by molar-refractivity contribution is 0.408. The van der Waals surface area contributed by atoms with E-state index in [1.807, 2.05) is 18.2 Å². The van der Waals surface area contributed by atoms with Gasteiger partial charge in [-0.25, -0.2) is 0 Å². The van der Waals surface area contributed by atoms with Crippen LogP contribution in [-0.4, -0.2) is 7.11 Å². The number of nitrogens with one attached hydrogen (secondary N) is 1. The standard InChI is InChI=1S/C15H20N2O/c1-9-11(3)17-15(16)10(2)14(9)12-7-5-6-8-13(12)18-4/h5-8,14,17H,16H2,1-4H3. The lowest BCUT2D eigenvalue weighted by atomic mass is 9.82. The maximum absolute atomic E-state index is 6.04. The lowest BCUT2D eigenvalue weighted by Crippen LogP contribution is -2.28. The third-order valence-corrected chi connectivity index (χ3v) is 3.65. The first-order valence-corrected chi connectivity index (χ1v) is 6.09. The first kappa shape index (κ1) is 12.6. The predicted octanol–water partition coefficient (Wildman–Crippen LogP) is 2.87. The Morgan fingerprint density at radius 2 is 1.78 bits per heavy atom. The van der Waals surface area contributed by atoms with Gasteiger partial charge in [0.2, 0.25) is 0 Å². The van der Waals surface area contributed by atoms with Crippen molar-refractivity contribution in [3.8, 4) is 5.75 Å². The Kier molecular flexibility index (Phi) is 3.32. The van der Waals surface area contributed by atoms with E-state index in [9.17, 15) is 0 Å². The fraction of sp³-hybridized carbons (Fsp3) is 0.333. The van der Waals surface area contributed by atoms with Gasteiger partial charge in [0.25, 0.3) is 0 Å². The highest BCUT2D eigenvalue weighted by Crippen LogP contribution is 2.40. The highest BCUT2D eigenvalue weighted by molar-refractivity contribution is 5.49. The fourth-order valence-electron chi connectivity index (χ4n) is 2.47. The van der Waals surface area contributed by atoms with Crippen molar-refractivity contribution in [2.45, 2.75) is 26.7 Å². The molecule has 96 valence electrons. The number of hydrogen-bond donors (Lipinski definition) is 2. The summed E-state index contributed by atoms with van der Waals surface area (Å²) >= 11 is 0. The Morgan fingerprint density at radius 1 is 1.11 bits per heavy atom. The number of allylic oxidation sites excluding steroid dienone is 3. The average Bonchev–Trinajstić information content (AvgIpc) is 2.37. The van der Waals surface area contributed by atoms with Crippen molar-refractivity contribution in [3.05, 3.63) is 52.5 Å². The number of nitrogens with two attached hydrogens (primary N) is 1. The second kappa shape index (κ2) is 4.77. The molecule has 18 heavy (non-hydrogen) atoms. The largest absolute Gasteiger partial charge is 0.496 e. The molecule has 1 aliphatic heterocycles. The van der Waals surface area contributed by atoms with Crippen LogP contribution in [0.1, 0.15) is 32.3 Å². The van der Waals surface area contributed by atoms with Gasteiger partial charge in [0, 0.05) is 17.2 Å². The number of para-hydroxylation sites is 1.